The number of benzene rings is 1. The van der Waals surface area contributed by atoms with Crippen molar-refractivity contribution in [1.82, 2.24) is 0 Å². The molecule has 16 heavy (non-hydrogen) atoms. The van der Waals surface area contributed by atoms with Gasteiger partial charge in [0.1, 0.15) is 5.82 Å². The average molecular weight is 224 g/mol. The molecule has 1 fully saturated rings. The highest BCUT2D eigenvalue weighted by molar-refractivity contribution is 5.67. The Morgan fingerprint density at radius 2 is 2.31 bits per heavy atom. The Morgan fingerprint density at radius 1 is 1.56 bits per heavy atom. The first-order chi connectivity index (χ1) is 7.53. The number of ether oxygens (including phenoxy) is 1. The molecule has 4 heteroatoms. The van der Waals surface area contributed by atoms with Gasteiger partial charge in [-0.25, -0.2) is 4.39 Å². The predicted molar refractivity (Wildman–Crippen MR) is 62.9 cm³/mol. The Labute approximate surface area is 94.8 Å². The summed E-state index contributed by atoms with van der Waals surface area (Å²) in [4.78, 5) is 0. The highest BCUT2D eigenvalue weighted by Crippen LogP contribution is 2.32. The highest BCUT2D eigenvalue weighted by atomic mass is 19.1. The molecule has 2 unspecified atom stereocenters. The Hall–Kier alpha value is -1.29. The summed E-state index contributed by atoms with van der Waals surface area (Å²) in [6.45, 7) is 4.80. The van der Waals surface area contributed by atoms with Crippen molar-refractivity contribution in [2.45, 2.75) is 31.9 Å². The normalized spacial score (nSPS) is 29.3. The fraction of sp³-hybridized carbons (Fsp3) is 0.500. The van der Waals surface area contributed by atoms with Crippen molar-refractivity contribution in [3.63, 3.8) is 0 Å². The molecule has 88 valence electrons. The van der Waals surface area contributed by atoms with Gasteiger partial charge in [0.05, 0.1) is 23.0 Å². The van der Waals surface area contributed by atoms with Crippen LogP contribution in [0.3, 0.4) is 0 Å². The van der Waals surface area contributed by atoms with Crippen molar-refractivity contribution < 1.29 is 9.13 Å². The molecule has 2 atom stereocenters. The van der Waals surface area contributed by atoms with E-state index in [0.29, 0.717) is 5.69 Å². The Morgan fingerprint density at radius 3 is 2.94 bits per heavy atom. The fourth-order valence-electron chi connectivity index (χ4n) is 1.95. The van der Waals surface area contributed by atoms with Crippen LogP contribution < -0.4 is 11.1 Å². The molecule has 0 aromatic heterocycles. The van der Waals surface area contributed by atoms with E-state index in [9.17, 15) is 4.39 Å². The molecule has 1 saturated heterocycles. The number of rotatable bonds is 2. The van der Waals surface area contributed by atoms with Gasteiger partial charge in [-0.3, -0.25) is 0 Å². The molecule has 1 aromatic rings. The lowest BCUT2D eigenvalue weighted by molar-refractivity contribution is 0.105. The summed E-state index contributed by atoms with van der Waals surface area (Å²) in [5, 5.41) is 3.29. The second kappa shape index (κ2) is 3.94. The van der Waals surface area contributed by atoms with Gasteiger partial charge in [-0.2, -0.15) is 0 Å². The Balaban J connectivity index is 2.24. The van der Waals surface area contributed by atoms with Crippen molar-refractivity contribution in [2.75, 3.05) is 17.7 Å². The van der Waals surface area contributed by atoms with Crippen LogP contribution in [0.15, 0.2) is 18.2 Å². The van der Waals surface area contributed by atoms with Crippen molar-refractivity contribution in [1.29, 1.82) is 0 Å². The third-order valence-corrected chi connectivity index (χ3v) is 3.36. The molecule has 1 aliphatic heterocycles. The first kappa shape index (κ1) is 11.2. The first-order valence-corrected chi connectivity index (χ1v) is 5.47. The number of nitrogen functional groups attached to an aromatic ring is 1. The van der Waals surface area contributed by atoms with Crippen molar-refractivity contribution >= 4 is 11.4 Å². The molecule has 0 radical (unpaired) electrons. The molecule has 0 spiro atoms. The molecule has 2 rings (SSSR count). The minimum absolute atomic E-state index is 0.0927. The summed E-state index contributed by atoms with van der Waals surface area (Å²) < 4.78 is 18.8. The molecule has 0 amide bonds. The Bertz CT molecular complexity index is 397. The van der Waals surface area contributed by atoms with Gasteiger partial charge in [0, 0.05) is 6.61 Å². The van der Waals surface area contributed by atoms with Gasteiger partial charge >= 0.3 is 0 Å². The van der Waals surface area contributed by atoms with Gasteiger partial charge in [-0.1, -0.05) is 6.07 Å². The van der Waals surface area contributed by atoms with Crippen molar-refractivity contribution in [3.8, 4) is 0 Å². The summed E-state index contributed by atoms with van der Waals surface area (Å²) in [5.74, 6) is -0.389. The van der Waals surface area contributed by atoms with Gasteiger partial charge in [0.25, 0.3) is 0 Å². The maximum absolute atomic E-state index is 13.3. The zero-order chi connectivity index (χ0) is 11.8. The van der Waals surface area contributed by atoms with Crippen LogP contribution in [0.2, 0.25) is 0 Å². The summed E-state index contributed by atoms with van der Waals surface area (Å²) in [6.07, 6.45) is 0.986. The number of nitrogens with one attached hydrogen (secondary N) is 1. The van der Waals surface area contributed by atoms with E-state index in [1.54, 1.807) is 12.1 Å². The van der Waals surface area contributed by atoms with E-state index in [1.807, 2.05) is 6.92 Å². The minimum atomic E-state index is -0.389. The lowest BCUT2D eigenvalue weighted by Crippen LogP contribution is -2.41. The van der Waals surface area contributed by atoms with Crippen LogP contribution in [0.1, 0.15) is 20.3 Å². The van der Waals surface area contributed by atoms with Crippen LogP contribution in [-0.2, 0) is 4.74 Å². The van der Waals surface area contributed by atoms with Crippen LogP contribution in [-0.4, -0.2) is 18.2 Å². The van der Waals surface area contributed by atoms with E-state index in [0.717, 1.165) is 13.0 Å². The minimum Gasteiger partial charge on any atom is -0.395 e. The number of nitrogens with two attached hydrogens (primary N) is 1. The molecule has 3 nitrogen and oxygen atoms in total. The van der Waals surface area contributed by atoms with E-state index >= 15 is 0 Å². The van der Waals surface area contributed by atoms with E-state index in [-0.39, 0.29) is 23.1 Å². The summed E-state index contributed by atoms with van der Waals surface area (Å²) in [6, 6.07) is 4.80. The Kier molecular flexibility index (Phi) is 2.76. The van der Waals surface area contributed by atoms with E-state index < -0.39 is 0 Å². The number of hydrogen-bond donors (Lipinski definition) is 2. The molecule has 1 aromatic carbocycles. The molecule has 0 bridgehead atoms. The lowest BCUT2D eigenvalue weighted by Gasteiger charge is -2.30. The summed E-state index contributed by atoms with van der Waals surface area (Å²) in [5.41, 5.74) is 6.32. The smallest absolute Gasteiger partial charge is 0.148 e. The number of para-hydroxylation sites is 1. The second-order valence-electron chi connectivity index (χ2n) is 4.51. The van der Waals surface area contributed by atoms with Gasteiger partial charge in [0.2, 0.25) is 0 Å². The van der Waals surface area contributed by atoms with Gasteiger partial charge < -0.3 is 15.8 Å². The SMILES string of the molecule is CC1OCCC1(C)Nc1cccc(F)c1N. The summed E-state index contributed by atoms with van der Waals surface area (Å²) in [7, 11) is 0. The largest absolute Gasteiger partial charge is 0.395 e. The van der Waals surface area contributed by atoms with Gasteiger partial charge in [-0.15, -0.1) is 0 Å². The molecular formula is C12H17FN2O. The van der Waals surface area contributed by atoms with Crippen LogP contribution in [0, 0.1) is 5.82 Å². The number of hydrogen-bond acceptors (Lipinski definition) is 3. The molecule has 1 aliphatic rings. The molecule has 3 N–H and O–H groups in total. The molecule has 0 aliphatic carbocycles. The summed E-state index contributed by atoms with van der Waals surface area (Å²) >= 11 is 0. The second-order valence-corrected chi connectivity index (χ2v) is 4.51. The third kappa shape index (κ3) is 1.85. The molecule has 0 saturated carbocycles. The van der Waals surface area contributed by atoms with Crippen molar-refractivity contribution in [2.24, 2.45) is 0 Å². The zero-order valence-electron chi connectivity index (χ0n) is 9.59. The average Bonchev–Trinajstić information content (AvgIpc) is 2.55. The topological polar surface area (TPSA) is 47.3 Å². The van der Waals surface area contributed by atoms with E-state index in [2.05, 4.69) is 12.2 Å². The maximum atomic E-state index is 13.3. The standard InChI is InChI=1S/C12H17FN2O/c1-8-12(2,6-7-16-8)15-10-5-3-4-9(13)11(10)14/h3-5,8,15H,6-7,14H2,1-2H3. The van der Waals surface area contributed by atoms with Crippen LogP contribution in [0.5, 0.6) is 0 Å². The predicted octanol–water partition coefficient (Wildman–Crippen LogP) is 2.39. The van der Waals surface area contributed by atoms with Gasteiger partial charge in [0.15, 0.2) is 0 Å². The van der Waals surface area contributed by atoms with Crippen molar-refractivity contribution in [3.05, 3.63) is 24.0 Å². The fourth-order valence-corrected chi connectivity index (χ4v) is 1.95. The zero-order valence-corrected chi connectivity index (χ0v) is 9.59. The van der Waals surface area contributed by atoms with Crippen LogP contribution in [0.4, 0.5) is 15.8 Å². The van der Waals surface area contributed by atoms with Crippen LogP contribution in [0.25, 0.3) is 0 Å². The first-order valence-electron chi connectivity index (χ1n) is 5.47. The molecular weight excluding hydrogens is 207 g/mol. The van der Waals surface area contributed by atoms with E-state index in [4.69, 9.17) is 10.5 Å². The third-order valence-electron chi connectivity index (χ3n) is 3.36. The quantitative estimate of drug-likeness (QED) is 0.758. The van der Waals surface area contributed by atoms with Gasteiger partial charge in [-0.05, 0) is 32.4 Å². The number of halogens is 1. The number of anilines is 2. The van der Waals surface area contributed by atoms with E-state index in [1.165, 1.54) is 6.07 Å². The van der Waals surface area contributed by atoms with Crippen LogP contribution >= 0.6 is 0 Å². The maximum Gasteiger partial charge on any atom is 0.148 e. The monoisotopic (exact) mass is 224 g/mol. The molecule has 1 heterocycles. The highest BCUT2D eigenvalue weighted by Gasteiger charge is 2.37. The lowest BCUT2D eigenvalue weighted by atomic mass is 9.94.